The van der Waals surface area contributed by atoms with Crippen LogP contribution in [0.3, 0.4) is 0 Å². The number of benzene rings is 1. The highest BCUT2D eigenvalue weighted by molar-refractivity contribution is 5.85. The second-order valence-corrected chi connectivity index (χ2v) is 4.93. The highest BCUT2D eigenvalue weighted by Gasteiger charge is 2.13. The minimum atomic E-state index is -0.335. The molecule has 0 aliphatic rings. The number of carbonyl (C=O) groups excluding carboxylic acids is 1. The van der Waals surface area contributed by atoms with E-state index in [2.05, 4.69) is 6.92 Å². The van der Waals surface area contributed by atoms with Crippen molar-refractivity contribution in [1.29, 1.82) is 0 Å². The molecule has 2 nitrogen and oxygen atoms in total. The minimum absolute atomic E-state index is 0. The van der Waals surface area contributed by atoms with Gasteiger partial charge in [0.15, 0.2) is 0 Å². The van der Waals surface area contributed by atoms with Gasteiger partial charge in [-0.05, 0) is 18.4 Å². The van der Waals surface area contributed by atoms with Crippen LogP contribution in [-0.2, 0) is 11.2 Å². The van der Waals surface area contributed by atoms with Crippen molar-refractivity contribution in [2.75, 3.05) is 0 Å². The molecule has 1 aromatic carbocycles. The van der Waals surface area contributed by atoms with E-state index in [1.807, 2.05) is 30.3 Å². The Morgan fingerprint density at radius 2 is 1.74 bits per heavy atom. The standard InChI is InChI=1S/C16H25NO.ClH/c1-2-3-4-5-9-12-16(18)15(17)13-14-10-7-6-8-11-14;/h6-8,10-11,15H,2-5,9,12-13,17H2,1H3;1H. The second kappa shape index (κ2) is 11.0. The molecule has 0 radical (unpaired) electrons. The number of ketones is 1. The molecule has 0 aliphatic carbocycles. The fourth-order valence-electron chi connectivity index (χ4n) is 2.07. The van der Waals surface area contributed by atoms with Gasteiger partial charge in [-0.2, -0.15) is 0 Å². The van der Waals surface area contributed by atoms with Crippen molar-refractivity contribution in [3.63, 3.8) is 0 Å². The normalized spacial score (nSPS) is 11.7. The predicted molar refractivity (Wildman–Crippen MR) is 83.8 cm³/mol. The topological polar surface area (TPSA) is 43.1 Å². The fraction of sp³-hybridized carbons (Fsp3) is 0.562. The van der Waals surface area contributed by atoms with Crippen LogP contribution in [0.2, 0.25) is 0 Å². The van der Waals surface area contributed by atoms with Crippen molar-refractivity contribution >= 4 is 18.2 Å². The van der Waals surface area contributed by atoms with Gasteiger partial charge in [-0.25, -0.2) is 0 Å². The van der Waals surface area contributed by atoms with Gasteiger partial charge in [0.25, 0.3) is 0 Å². The Hall–Kier alpha value is -0.860. The zero-order chi connectivity index (χ0) is 13.2. The number of Topliss-reactive ketones (excluding diaryl/α,β-unsaturated/α-hetero) is 1. The molecule has 0 saturated heterocycles. The van der Waals surface area contributed by atoms with Crippen molar-refractivity contribution in [3.8, 4) is 0 Å². The molecule has 1 unspecified atom stereocenters. The number of hydrogen-bond acceptors (Lipinski definition) is 2. The third kappa shape index (κ3) is 8.02. The van der Waals surface area contributed by atoms with Crippen LogP contribution in [0.4, 0.5) is 0 Å². The maximum absolute atomic E-state index is 11.9. The van der Waals surface area contributed by atoms with Crippen molar-refractivity contribution in [1.82, 2.24) is 0 Å². The molecular formula is C16H26ClNO. The molecule has 0 aromatic heterocycles. The Kier molecular flexibility index (Phi) is 10.5. The van der Waals surface area contributed by atoms with Crippen LogP contribution in [0.25, 0.3) is 0 Å². The Bertz CT molecular complexity index is 340. The Morgan fingerprint density at radius 3 is 2.37 bits per heavy atom. The maximum atomic E-state index is 11.9. The molecular weight excluding hydrogens is 258 g/mol. The van der Waals surface area contributed by atoms with Crippen molar-refractivity contribution in [2.45, 2.75) is 57.9 Å². The summed E-state index contributed by atoms with van der Waals surface area (Å²) >= 11 is 0. The maximum Gasteiger partial charge on any atom is 0.149 e. The van der Waals surface area contributed by atoms with Crippen LogP contribution in [0.1, 0.15) is 51.0 Å². The van der Waals surface area contributed by atoms with E-state index < -0.39 is 0 Å². The van der Waals surface area contributed by atoms with E-state index in [4.69, 9.17) is 5.73 Å². The Labute approximate surface area is 123 Å². The summed E-state index contributed by atoms with van der Waals surface area (Å²) in [4.78, 5) is 11.9. The highest BCUT2D eigenvalue weighted by Crippen LogP contribution is 2.08. The lowest BCUT2D eigenvalue weighted by Crippen LogP contribution is -2.32. The molecule has 3 heteroatoms. The Balaban J connectivity index is 0.00000324. The summed E-state index contributed by atoms with van der Waals surface area (Å²) in [6.45, 7) is 2.20. The number of carbonyl (C=O) groups is 1. The molecule has 1 aromatic rings. The molecule has 0 saturated carbocycles. The van der Waals surface area contributed by atoms with E-state index in [9.17, 15) is 4.79 Å². The zero-order valence-corrected chi connectivity index (χ0v) is 12.6. The van der Waals surface area contributed by atoms with Gasteiger partial charge in [0.1, 0.15) is 5.78 Å². The SMILES string of the molecule is CCCCCCCC(=O)C(N)Cc1ccccc1.Cl. The second-order valence-electron chi connectivity index (χ2n) is 4.93. The highest BCUT2D eigenvalue weighted by atomic mass is 35.5. The van der Waals surface area contributed by atoms with Gasteiger partial charge >= 0.3 is 0 Å². The van der Waals surface area contributed by atoms with E-state index in [1.165, 1.54) is 19.3 Å². The summed E-state index contributed by atoms with van der Waals surface area (Å²) in [5, 5.41) is 0. The zero-order valence-electron chi connectivity index (χ0n) is 11.8. The summed E-state index contributed by atoms with van der Waals surface area (Å²) in [7, 11) is 0. The third-order valence-electron chi connectivity index (χ3n) is 3.24. The molecule has 0 bridgehead atoms. The van der Waals surface area contributed by atoms with E-state index >= 15 is 0 Å². The molecule has 1 atom stereocenters. The lowest BCUT2D eigenvalue weighted by Gasteiger charge is -2.10. The van der Waals surface area contributed by atoms with E-state index in [0.717, 1.165) is 18.4 Å². The minimum Gasteiger partial charge on any atom is -0.321 e. The quantitative estimate of drug-likeness (QED) is 0.698. The van der Waals surface area contributed by atoms with Crippen LogP contribution >= 0.6 is 12.4 Å². The third-order valence-corrected chi connectivity index (χ3v) is 3.24. The first-order valence-electron chi connectivity index (χ1n) is 7.06. The van der Waals surface area contributed by atoms with E-state index in [1.54, 1.807) is 0 Å². The van der Waals surface area contributed by atoms with Gasteiger partial charge in [-0.15, -0.1) is 12.4 Å². The van der Waals surface area contributed by atoms with Gasteiger partial charge in [0.05, 0.1) is 6.04 Å². The van der Waals surface area contributed by atoms with Crippen molar-refractivity contribution < 1.29 is 4.79 Å². The van der Waals surface area contributed by atoms with Crippen LogP contribution in [0, 0.1) is 0 Å². The number of halogens is 1. The summed E-state index contributed by atoms with van der Waals surface area (Å²) in [5.74, 6) is 0.204. The van der Waals surface area contributed by atoms with Crippen LogP contribution in [0.5, 0.6) is 0 Å². The number of unbranched alkanes of at least 4 members (excludes halogenated alkanes) is 4. The van der Waals surface area contributed by atoms with Gasteiger partial charge < -0.3 is 5.73 Å². The fourth-order valence-corrected chi connectivity index (χ4v) is 2.07. The molecule has 108 valence electrons. The smallest absolute Gasteiger partial charge is 0.149 e. The van der Waals surface area contributed by atoms with Crippen LogP contribution in [-0.4, -0.2) is 11.8 Å². The summed E-state index contributed by atoms with van der Waals surface area (Å²) in [6.07, 6.45) is 7.18. The summed E-state index contributed by atoms with van der Waals surface area (Å²) in [6, 6.07) is 9.65. The number of rotatable bonds is 9. The first-order valence-corrected chi connectivity index (χ1v) is 7.06. The molecule has 2 N–H and O–H groups in total. The van der Waals surface area contributed by atoms with Gasteiger partial charge in [0.2, 0.25) is 0 Å². The Morgan fingerprint density at radius 1 is 1.11 bits per heavy atom. The average molecular weight is 284 g/mol. The van der Waals surface area contributed by atoms with E-state index in [0.29, 0.717) is 12.8 Å². The lowest BCUT2D eigenvalue weighted by molar-refractivity contribution is -0.120. The first kappa shape index (κ1) is 18.1. The molecule has 19 heavy (non-hydrogen) atoms. The number of hydrogen-bond donors (Lipinski definition) is 1. The van der Waals surface area contributed by atoms with Crippen molar-refractivity contribution in [2.24, 2.45) is 5.73 Å². The average Bonchev–Trinajstić information content (AvgIpc) is 2.39. The molecule has 0 fully saturated rings. The first-order chi connectivity index (χ1) is 8.74. The van der Waals surface area contributed by atoms with E-state index in [-0.39, 0.29) is 24.2 Å². The summed E-state index contributed by atoms with van der Waals surface area (Å²) < 4.78 is 0. The number of nitrogens with two attached hydrogens (primary N) is 1. The van der Waals surface area contributed by atoms with Crippen LogP contribution in [0.15, 0.2) is 30.3 Å². The van der Waals surface area contributed by atoms with Crippen LogP contribution < -0.4 is 5.73 Å². The largest absolute Gasteiger partial charge is 0.321 e. The lowest BCUT2D eigenvalue weighted by atomic mass is 9.99. The molecule has 0 amide bonds. The molecule has 0 heterocycles. The van der Waals surface area contributed by atoms with Gasteiger partial charge in [-0.3, -0.25) is 4.79 Å². The molecule has 0 aliphatic heterocycles. The summed E-state index contributed by atoms with van der Waals surface area (Å²) in [5.41, 5.74) is 7.08. The molecule has 1 rings (SSSR count). The molecule has 0 spiro atoms. The monoisotopic (exact) mass is 283 g/mol. The van der Waals surface area contributed by atoms with Gasteiger partial charge in [-0.1, -0.05) is 62.9 Å². The predicted octanol–water partition coefficient (Wildman–Crippen LogP) is 3.91. The van der Waals surface area contributed by atoms with Crippen molar-refractivity contribution in [3.05, 3.63) is 35.9 Å². The van der Waals surface area contributed by atoms with Gasteiger partial charge in [0, 0.05) is 6.42 Å².